The molecule has 3 amide bonds. The molecule has 1 saturated heterocycles. The minimum Gasteiger partial charge on any atom is -0.368 e. The van der Waals surface area contributed by atoms with E-state index in [2.05, 4.69) is 47.6 Å². The van der Waals surface area contributed by atoms with Crippen molar-refractivity contribution in [3.05, 3.63) is 53.6 Å². The topological polar surface area (TPSA) is 64.7 Å². The highest BCUT2D eigenvalue weighted by Crippen LogP contribution is 2.25. The maximum atomic E-state index is 12.6. The summed E-state index contributed by atoms with van der Waals surface area (Å²) in [6, 6.07) is 13.4. The van der Waals surface area contributed by atoms with Crippen LogP contribution < -0.4 is 15.5 Å². The molecule has 0 aliphatic carbocycles. The summed E-state index contributed by atoms with van der Waals surface area (Å²) in [5.74, 6) is -0.138. The normalized spacial score (nSPS) is 14.0. The van der Waals surface area contributed by atoms with Gasteiger partial charge in [-0.2, -0.15) is 0 Å². The Bertz CT molecular complexity index is 822. The van der Waals surface area contributed by atoms with E-state index in [0.29, 0.717) is 24.5 Å². The van der Waals surface area contributed by atoms with Gasteiger partial charge in [-0.3, -0.25) is 4.79 Å². The van der Waals surface area contributed by atoms with Crippen LogP contribution in [0, 0.1) is 13.8 Å². The third-order valence-corrected chi connectivity index (χ3v) is 4.76. The molecule has 1 aliphatic heterocycles. The monoisotopic (exact) mass is 366 g/mol. The quantitative estimate of drug-likeness (QED) is 0.872. The number of benzene rings is 2. The summed E-state index contributed by atoms with van der Waals surface area (Å²) in [5, 5.41) is 5.64. The first-order valence-corrected chi connectivity index (χ1v) is 9.19. The van der Waals surface area contributed by atoms with E-state index < -0.39 is 0 Å². The highest BCUT2D eigenvalue weighted by Gasteiger charge is 2.23. The average molecular weight is 366 g/mol. The van der Waals surface area contributed by atoms with Crippen molar-refractivity contribution in [1.29, 1.82) is 0 Å². The summed E-state index contributed by atoms with van der Waals surface area (Å²) in [4.78, 5) is 27.9. The SMILES string of the molecule is CC(=O)Nc1cccc(NC(=O)N2CCN(c3c(C)cccc3C)CC2)c1. The van der Waals surface area contributed by atoms with Gasteiger partial charge in [-0.15, -0.1) is 0 Å². The third-order valence-electron chi connectivity index (χ3n) is 4.76. The molecule has 0 atom stereocenters. The maximum Gasteiger partial charge on any atom is 0.321 e. The Morgan fingerprint density at radius 1 is 0.852 bits per heavy atom. The molecular weight excluding hydrogens is 340 g/mol. The lowest BCUT2D eigenvalue weighted by Crippen LogP contribution is -2.50. The summed E-state index contributed by atoms with van der Waals surface area (Å²) in [6.45, 7) is 8.68. The number of aryl methyl sites for hydroxylation is 2. The molecule has 0 radical (unpaired) electrons. The lowest BCUT2D eigenvalue weighted by molar-refractivity contribution is -0.114. The van der Waals surface area contributed by atoms with Crippen molar-refractivity contribution in [3.8, 4) is 0 Å². The van der Waals surface area contributed by atoms with Gasteiger partial charge in [-0.05, 0) is 43.2 Å². The molecule has 27 heavy (non-hydrogen) atoms. The van der Waals surface area contributed by atoms with Crippen LogP contribution in [-0.4, -0.2) is 43.0 Å². The van der Waals surface area contributed by atoms with Crippen LogP contribution in [-0.2, 0) is 4.79 Å². The average Bonchev–Trinajstić information content (AvgIpc) is 2.62. The van der Waals surface area contributed by atoms with Gasteiger partial charge in [-0.1, -0.05) is 24.3 Å². The number of rotatable bonds is 3. The Morgan fingerprint density at radius 3 is 2.00 bits per heavy atom. The molecule has 1 aliphatic rings. The van der Waals surface area contributed by atoms with Gasteiger partial charge in [0.2, 0.25) is 5.91 Å². The van der Waals surface area contributed by atoms with E-state index in [1.54, 1.807) is 18.2 Å². The van der Waals surface area contributed by atoms with Crippen LogP contribution in [0.1, 0.15) is 18.1 Å². The van der Waals surface area contributed by atoms with E-state index >= 15 is 0 Å². The van der Waals surface area contributed by atoms with Crippen molar-refractivity contribution >= 4 is 29.0 Å². The van der Waals surface area contributed by atoms with Gasteiger partial charge in [-0.25, -0.2) is 4.79 Å². The van der Waals surface area contributed by atoms with Crippen LogP contribution in [0.25, 0.3) is 0 Å². The molecule has 2 N–H and O–H groups in total. The Labute approximate surface area is 160 Å². The van der Waals surface area contributed by atoms with E-state index in [1.807, 2.05) is 11.0 Å². The van der Waals surface area contributed by atoms with Crippen molar-refractivity contribution in [2.24, 2.45) is 0 Å². The molecule has 142 valence electrons. The van der Waals surface area contributed by atoms with Crippen molar-refractivity contribution in [1.82, 2.24) is 4.90 Å². The largest absolute Gasteiger partial charge is 0.368 e. The molecule has 6 nitrogen and oxygen atoms in total. The number of para-hydroxylation sites is 1. The summed E-state index contributed by atoms with van der Waals surface area (Å²) in [6.07, 6.45) is 0. The minimum absolute atomic E-state index is 0.115. The Hall–Kier alpha value is -3.02. The first-order valence-electron chi connectivity index (χ1n) is 9.19. The second kappa shape index (κ2) is 8.12. The predicted octanol–water partition coefficient (Wildman–Crippen LogP) is 3.62. The van der Waals surface area contributed by atoms with E-state index in [1.165, 1.54) is 23.7 Å². The van der Waals surface area contributed by atoms with Gasteiger partial charge in [0, 0.05) is 50.2 Å². The highest BCUT2D eigenvalue weighted by atomic mass is 16.2. The Morgan fingerprint density at radius 2 is 1.41 bits per heavy atom. The van der Waals surface area contributed by atoms with Gasteiger partial charge < -0.3 is 20.4 Å². The highest BCUT2D eigenvalue weighted by molar-refractivity contribution is 5.92. The number of hydrogen-bond acceptors (Lipinski definition) is 3. The van der Waals surface area contributed by atoms with Crippen molar-refractivity contribution in [3.63, 3.8) is 0 Å². The van der Waals surface area contributed by atoms with Crippen molar-refractivity contribution < 1.29 is 9.59 Å². The summed E-state index contributed by atoms with van der Waals surface area (Å²) in [5.41, 5.74) is 5.15. The summed E-state index contributed by atoms with van der Waals surface area (Å²) >= 11 is 0. The molecule has 2 aromatic carbocycles. The first-order chi connectivity index (χ1) is 12.9. The zero-order valence-electron chi connectivity index (χ0n) is 16.1. The number of urea groups is 1. The van der Waals surface area contributed by atoms with Crippen molar-refractivity contribution in [2.45, 2.75) is 20.8 Å². The number of anilines is 3. The minimum atomic E-state index is -0.138. The van der Waals surface area contributed by atoms with Crippen LogP contribution in [0.5, 0.6) is 0 Å². The number of piperazine rings is 1. The molecule has 6 heteroatoms. The number of amides is 3. The van der Waals surface area contributed by atoms with Gasteiger partial charge in [0.15, 0.2) is 0 Å². The lowest BCUT2D eigenvalue weighted by Gasteiger charge is -2.37. The Balaban J connectivity index is 1.60. The smallest absolute Gasteiger partial charge is 0.321 e. The predicted molar refractivity (Wildman–Crippen MR) is 109 cm³/mol. The molecule has 0 saturated carbocycles. The molecule has 0 unspecified atom stereocenters. The van der Waals surface area contributed by atoms with Crippen LogP contribution in [0.15, 0.2) is 42.5 Å². The number of nitrogens with one attached hydrogen (secondary N) is 2. The molecular formula is C21H26N4O2. The molecule has 2 aromatic rings. The van der Waals surface area contributed by atoms with E-state index in [9.17, 15) is 9.59 Å². The summed E-state index contributed by atoms with van der Waals surface area (Å²) < 4.78 is 0. The van der Waals surface area contributed by atoms with Crippen molar-refractivity contribution in [2.75, 3.05) is 41.7 Å². The fourth-order valence-corrected chi connectivity index (χ4v) is 3.52. The Kier molecular flexibility index (Phi) is 5.64. The second-order valence-electron chi connectivity index (χ2n) is 6.91. The first kappa shape index (κ1) is 18.8. The molecule has 1 heterocycles. The van der Waals surface area contributed by atoms with Crippen LogP contribution in [0.3, 0.4) is 0 Å². The van der Waals surface area contributed by atoms with E-state index in [-0.39, 0.29) is 11.9 Å². The van der Waals surface area contributed by atoms with E-state index in [4.69, 9.17) is 0 Å². The fraction of sp³-hybridized carbons (Fsp3) is 0.333. The van der Waals surface area contributed by atoms with Crippen LogP contribution >= 0.6 is 0 Å². The molecule has 0 spiro atoms. The van der Waals surface area contributed by atoms with Crippen LogP contribution in [0.4, 0.5) is 21.9 Å². The second-order valence-corrected chi connectivity index (χ2v) is 6.91. The maximum absolute atomic E-state index is 12.6. The fourth-order valence-electron chi connectivity index (χ4n) is 3.52. The number of carbonyl (C=O) groups is 2. The van der Waals surface area contributed by atoms with Gasteiger partial charge in [0.1, 0.15) is 0 Å². The third kappa shape index (κ3) is 4.58. The lowest BCUT2D eigenvalue weighted by atomic mass is 10.1. The van der Waals surface area contributed by atoms with Gasteiger partial charge >= 0.3 is 6.03 Å². The molecule has 3 rings (SSSR count). The van der Waals surface area contributed by atoms with E-state index in [0.717, 1.165) is 13.1 Å². The standard InChI is InChI=1S/C21H26N4O2/c1-15-6-4-7-16(2)20(15)24-10-12-25(13-11-24)21(27)23-19-9-5-8-18(14-19)22-17(3)26/h4-9,14H,10-13H2,1-3H3,(H,22,26)(H,23,27). The molecule has 1 fully saturated rings. The number of nitrogens with zero attached hydrogens (tertiary/aromatic N) is 2. The zero-order valence-corrected chi connectivity index (χ0v) is 16.1. The van der Waals surface area contributed by atoms with Gasteiger partial charge in [0.05, 0.1) is 0 Å². The van der Waals surface area contributed by atoms with Crippen LogP contribution in [0.2, 0.25) is 0 Å². The molecule has 0 aromatic heterocycles. The number of carbonyl (C=O) groups excluding carboxylic acids is 2. The zero-order chi connectivity index (χ0) is 19.4. The molecule has 0 bridgehead atoms. The van der Waals surface area contributed by atoms with Gasteiger partial charge in [0.25, 0.3) is 0 Å². The summed E-state index contributed by atoms with van der Waals surface area (Å²) in [7, 11) is 0. The number of hydrogen-bond donors (Lipinski definition) is 2.